The number of rotatable bonds is 6. The Balaban J connectivity index is 1.89. The van der Waals surface area contributed by atoms with Gasteiger partial charge < -0.3 is 14.6 Å². The Morgan fingerprint density at radius 3 is 2.36 bits per heavy atom. The van der Waals surface area contributed by atoms with Crippen LogP contribution < -0.4 is 14.8 Å². The third-order valence-electron chi connectivity index (χ3n) is 3.54. The molecular weight excluding hydrogens is 426 g/mol. The number of nitrogens with zero attached hydrogens (tertiary/aromatic N) is 2. The quantitative estimate of drug-likeness (QED) is 0.587. The van der Waals surface area contributed by atoms with E-state index in [0.29, 0.717) is 16.0 Å². The summed E-state index contributed by atoms with van der Waals surface area (Å²) in [5.41, 5.74) is -0.313. The number of carbonyl (C=O) groups is 1. The van der Waals surface area contributed by atoms with Crippen molar-refractivity contribution in [3.05, 3.63) is 65.1 Å². The fraction of sp³-hybridized carbons (Fsp3) is 0.200. The lowest BCUT2D eigenvalue weighted by Gasteiger charge is -2.16. The van der Waals surface area contributed by atoms with Gasteiger partial charge in [-0.3, -0.25) is 5.32 Å². The number of aromatic nitrogens is 2. The molecule has 0 saturated heterocycles. The van der Waals surface area contributed by atoms with Crippen molar-refractivity contribution in [3.8, 4) is 17.3 Å². The predicted molar refractivity (Wildman–Crippen MR) is 109 cm³/mol. The third kappa shape index (κ3) is 5.11. The second kappa shape index (κ2) is 8.45. The summed E-state index contributed by atoms with van der Waals surface area (Å²) in [6.45, 7) is 3.29. The molecule has 0 radical (unpaired) electrons. The van der Waals surface area contributed by atoms with E-state index in [1.54, 1.807) is 38.1 Å². The molecule has 1 heterocycles. The van der Waals surface area contributed by atoms with E-state index in [2.05, 4.69) is 26.3 Å². The van der Waals surface area contributed by atoms with Crippen LogP contribution in [0.25, 0.3) is 5.69 Å². The number of carbonyl (C=O) groups excluding carboxylic acids is 1. The Morgan fingerprint density at radius 2 is 1.75 bits per heavy atom. The van der Waals surface area contributed by atoms with Crippen LogP contribution in [-0.4, -0.2) is 33.2 Å². The first-order chi connectivity index (χ1) is 13.3. The largest absolute Gasteiger partial charge is 0.473 e. The molecule has 2 N–H and O–H groups in total. The molecule has 1 aromatic heterocycles. The van der Waals surface area contributed by atoms with Gasteiger partial charge >= 0.3 is 6.09 Å². The number of benzene rings is 2. The van der Waals surface area contributed by atoms with Crippen molar-refractivity contribution in [2.24, 2.45) is 0 Å². The normalized spacial score (nSPS) is 11.1. The topological polar surface area (TPSA) is 85.6 Å². The number of nitrogens with one attached hydrogen (secondary N) is 1. The molecule has 3 rings (SSSR count). The summed E-state index contributed by atoms with van der Waals surface area (Å²) < 4.78 is 12.9. The van der Waals surface area contributed by atoms with Gasteiger partial charge in [-0.25, -0.2) is 9.48 Å². The number of ether oxygens (including phenoxy) is 2. The number of amides is 1. The average Bonchev–Trinajstić information content (AvgIpc) is 2.97. The van der Waals surface area contributed by atoms with Gasteiger partial charge in [-0.2, -0.15) is 0 Å². The van der Waals surface area contributed by atoms with Crippen molar-refractivity contribution in [1.29, 1.82) is 0 Å². The molecule has 7 nitrogen and oxygen atoms in total. The number of hydrogen-bond donors (Lipinski definition) is 2. The van der Waals surface area contributed by atoms with Gasteiger partial charge in [0, 0.05) is 0 Å². The first kappa shape index (κ1) is 19.9. The Hall–Kier alpha value is -2.84. The summed E-state index contributed by atoms with van der Waals surface area (Å²) in [5.74, 6) is 0.999. The lowest BCUT2D eigenvalue weighted by molar-refractivity contribution is 0.0264. The molecule has 1 amide bonds. The van der Waals surface area contributed by atoms with Gasteiger partial charge in [-0.1, -0.05) is 36.4 Å². The Labute approximate surface area is 171 Å². The Kier molecular flexibility index (Phi) is 6.01. The maximum Gasteiger partial charge on any atom is 0.418 e. The summed E-state index contributed by atoms with van der Waals surface area (Å²) in [6.07, 6.45) is -0.669. The first-order valence-corrected chi connectivity index (χ1v) is 9.36. The minimum atomic E-state index is -1.03. The minimum absolute atomic E-state index is 0.0330. The molecule has 146 valence electrons. The van der Waals surface area contributed by atoms with Crippen LogP contribution in [0.2, 0.25) is 0 Å². The summed E-state index contributed by atoms with van der Waals surface area (Å²) in [4.78, 5) is 12.4. The zero-order chi connectivity index (χ0) is 20.1. The number of para-hydroxylation sites is 2. The highest BCUT2D eigenvalue weighted by Crippen LogP contribution is 2.35. The van der Waals surface area contributed by atoms with Crippen LogP contribution >= 0.6 is 15.9 Å². The molecule has 0 aliphatic carbocycles. The van der Waals surface area contributed by atoms with Crippen LogP contribution in [0.1, 0.15) is 13.8 Å². The molecule has 0 atom stereocenters. The smallest absolute Gasteiger partial charge is 0.418 e. The number of aliphatic hydroxyl groups is 1. The van der Waals surface area contributed by atoms with Gasteiger partial charge in [0.1, 0.15) is 16.8 Å². The molecule has 0 bridgehead atoms. The van der Waals surface area contributed by atoms with Crippen molar-refractivity contribution in [1.82, 2.24) is 9.78 Å². The molecule has 0 saturated carbocycles. The van der Waals surface area contributed by atoms with Gasteiger partial charge in [0.25, 0.3) is 0 Å². The fourth-order valence-electron chi connectivity index (χ4n) is 2.30. The molecule has 0 aliphatic heterocycles. The van der Waals surface area contributed by atoms with E-state index >= 15 is 0 Å². The molecule has 2 aromatic carbocycles. The molecule has 0 fully saturated rings. The lowest BCUT2D eigenvalue weighted by Crippen LogP contribution is -2.28. The highest BCUT2D eigenvalue weighted by molar-refractivity contribution is 9.10. The summed E-state index contributed by atoms with van der Waals surface area (Å²) in [5, 5.41) is 17.0. The van der Waals surface area contributed by atoms with Crippen LogP contribution in [0, 0.1) is 0 Å². The number of hydrogen-bond acceptors (Lipinski definition) is 5. The zero-order valence-corrected chi connectivity index (χ0v) is 17.0. The van der Waals surface area contributed by atoms with Gasteiger partial charge in [-0.05, 0) is 54.0 Å². The van der Waals surface area contributed by atoms with E-state index in [4.69, 9.17) is 9.47 Å². The number of halogens is 1. The van der Waals surface area contributed by atoms with E-state index in [1.807, 2.05) is 36.4 Å². The summed E-state index contributed by atoms with van der Waals surface area (Å²) in [7, 11) is 0. The molecule has 0 spiro atoms. The summed E-state index contributed by atoms with van der Waals surface area (Å²) in [6, 6.07) is 18.0. The van der Waals surface area contributed by atoms with Gasteiger partial charge in [0.05, 0.1) is 11.3 Å². The van der Waals surface area contributed by atoms with Crippen LogP contribution in [0.3, 0.4) is 0 Å². The predicted octanol–water partition coefficient (Wildman–Crippen LogP) is 4.40. The molecule has 0 unspecified atom stereocenters. The van der Waals surface area contributed by atoms with Crippen LogP contribution in [0.4, 0.5) is 10.6 Å². The van der Waals surface area contributed by atoms with Crippen molar-refractivity contribution >= 4 is 27.8 Å². The molecule has 3 aromatic rings. The zero-order valence-electron chi connectivity index (χ0n) is 15.4. The average molecular weight is 446 g/mol. The fourth-order valence-corrected chi connectivity index (χ4v) is 2.76. The molecule has 28 heavy (non-hydrogen) atoms. The Morgan fingerprint density at radius 1 is 1.14 bits per heavy atom. The second-order valence-electron chi connectivity index (χ2n) is 6.64. The van der Waals surface area contributed by atoms with Crippen molar-refractivity contribution < 1.29 is 19.4 Å². The van der Waals surface area contributed by atoms with E-state index in [1.165, 1.54) is 4.68 Å². The van der Waals surface area contributed by atoms with Crippen LogP contribution in [0.5, 0.6) is 11.6 Å². The van der Waals surface area contributed by atoms with E-state index < -0.39 is 11.7 Å². The molecule has 8 heteroatoms. The standard InChI is InChI=1S/C20H20BrN3O4/c1-20(2,26)13-27-18-16(21)17(24(23-18)14-9-5-3-6-10-14)22-19(25)28-15-11-7-4-8-12-15/h3-12,26H,13H2,1-2H3,(H,22,25). The Bertz CT molecular complexity index is 937. The summed E-state index contributed by atoms with van der Waals surface area (Å²) >= 11 is 3.42. The van der Waals surface area contributed by atoms with Crippen molar-refractivity contribution in [2.75, 3.05) is 11.9 Å². The molecule has 0 aliphatic rings. The minimum Gasteiger partial charge on any atom is -0.473 e. The van der Waals surface area contributed by atoms with Crippen molar-refractivity contribution in [3.63, 3.8) is 0 Å². The molecular formula is C20H20BrN3O4. The van der Waals surface area contributed by atoms with Gasteiger partial charge in [-0.15, -0.1) is 5.10 Å². The lowest BCUT2D eigenvalue weighted by atomic mass is 10.2. The number of anilines is 1. The van der Waals surface area contributed by atoms with E-state index in [-0.39, 0.29) is 12.5 Å². The van der Waals surface area contributed by atoms with Crippen LogP contribution in [0.15, 0.2) is 65.1 Å². The second-order valence-corrected chi connectivity index (χ2v) is 7.44. The monoisotopic (exact) mass is 445 g/mol. The highest BCUT2D eigenvalue weighted by atomic mass is 79.9. The van der Waals surface area contributed by atoms with Gasteiger partial charge in [0.2, 0.25) is 5.88 Å². The third-order valence-corrected chi connectivity index (χ3v) is 4.25. The van der Waals surface area contributed by atoms with E-state index in [9.17, 15) is 9.90 Å². The highest BCUT2D eigenvalue weighted by Gasteiger charge is 2.23. The SMILES string of the molecule is CC(C)(O)COc1nn(-c2ccccc2)c(NC(=O)Oc2ccccc2)c1Br. The van der Waals surface area contributed by atoms with Gasteiger partial charge in [0.15, 0.2) is 5.82 Å². The van der Waals surface area contributed by atoms with E-state index in [0.717, 1.165) is 5.69 Å². The van der Waals surface area contributed by atoms with Crippen molar-refractivity contribution in [2.45, 2.75) is 19.4 Å². The maximum atomic E-state index is 12.4. The maximum absolute atomic E-state index is 12.4. The first-order valence-electron chi connectivity index (χ1n) is 8.56. The van der Waals surface area contributed by atoms with Crippen LogP contribution in [-0.2, 0) is 0 Å².